The minimum Gasteiger partial charge on any atom is -0.455 e. The van der Waals surface area contributed by atoms with Crippen molar-refractivity contribution in [2.75, 3.05) is 4.90 Å². The van der Waals surface area contributed by atoms with E-state index < -0.39 is 0 Å². The first kappa shape index (κ1) is 31.6. The number of nitrogens with zero attached hydrogens (tertiary/aromatic N) is 1. The summed E-state index contributed by atoms with van der Waals surface area (Å²) in [5.74, 6) is 0. The zero-order valence-corrected chi connectivity index (χ0v) is 29.6. The van der Waals surface area contributed by atoms with Gasteiger partial charge in [0.05, 0.1) is 0 Å². The van der Waals surface area contributed by atoms with Crippen LogP contribution in [-0.2, 0) is 0 Å². The Balaban J connectivity index is 1.00. The summed E-state index contributed by atoms with van der Waals surface area (Å²) in [6.07, 6.45) is 0. The van der Waals surface area contributed by atoms with Crippen LogP contribution in [0.2, 0.25) is 0 Å². The molecule has 2 heteroatoms. The van der Waals surface area contributed by atoms with Gasteiger partial charge in [0.1, 0.15) is 11.2 Å². The van der Waals surface area contributed by atoms with Gasteiger partial charge >= 0.3 is 0 Å². The van der Waals surface area contributed by atoms with Gasteiger partial charge in [0.15, 0.2) is 0 Å². The lowest BCUT2D eigenvalue weighted by Gasteiger charge is -2.26. The third-order valence-electron chi connectivity index (χ3n) is 10.5. The molecule has 0 aliphatic heterocycles. The van der Waals surface area contributed by atoms with Crippen molar-refractivity contribution in [2.45, 2.75) is 0 Å². The number of benzene rings is 9. The van der Waals surface area contributed by atoms with Crippen LogP contribution in [0.3, 0.4) is 0 Å². The third-order valence-corrected chi connectivity index (χ3v) is 10.5. The smallest absolute Gasteiger partial charge is 0.143 e. The third kappa shape index (κ3) is 5.81. The average molecular weight is 690 g/mol. The van der Waals surface area contributed by atoms with Gasteiger partial charge < -0.3 is 9.32 Å². The Kier molecular flexibility index (Phi) is 7.85. The molecule has 0 saturated carbocycles. The maximum atomic E-state index is 6.32. The molecular formula is C52H35NO. The molecule has 54 heavy (non-hydrogen) atoms. The molecule has 0 N–H and O–H groups in total. The molecule has 0 saturated heterocycles. The fraction of sp³-hybridized carbons (Fsp3) is 0. The first-order valence-corrected chi connectivity index (χ1v) is 18.4. The summed E-state index contributed by atoms with van der Waals surface area (Å²) >= 11 is 0. The minimum atomic E-state index is 0.922. The van der Waals surface area contributed by atoms with E-state index in [4.69, 9.17) is 4.42 Å². The van der Waals surface area contributed by atoms with Crippen molar-refractivity contribution in [3.63, 3.8) is 0 Å². The number of hydrogen-bond acceptors (Lipinski definition) is 2. The average Bonchev–Trinajstić information content (AvgIpc) is 3.64. The summed E-state index contributed by atoms with van der Waals surface area (Å²) in [6.45, 7) is 0. The lowest BCUT2D eigenvalue weighted by molar-refractivity contribution is 0.672. The van der Waals surface area contributed by atoms with Gasteiger partial charge in [0, 0.05) is 33.2 Å². The zero-order chi connectivity index (χ0) is 35.8. The lowest BCUT2D eigenvalue weighted by atomic mass is 9.99. The van der Waals surface area contributed by atoms with E-state index in [1.54, 1.807) is 0 Å². The first-order chi connectivity index (χ1) is 26.7. The summed E-state index contributed by atoms with van der Waals surface area (Å²) in [5.41, 5.74) is 14.7. The molecule has 254 valence electrons. The maximum absolute atomic E-state index is 6.32. The highest BCUT2D eigenvalue weighted by molar-refractivity contribution is 6.15. The highest BCUT2D eigenvalue weighted by Crippen LogP contribution is 2.40. The molecule has 1 heterocycles. The Bertz CT molecular complexity index is 2890. The zero-order valence-electron chi connectivity index (χ0n) is 29.6. The molecule has 0 amide bonds. The monoisotopic (exact) mass is 689 g/mol. The molecule has 0 spiro atoms. The van der Waals surface area contributed by atoms with Crippen molar-refractivity contribution in [1.29, 1.82) is 0 Å². The minimum absolute atomic E-state index is 0.922. The van der Waals surface area contributed by atoms with E-state index in [2.05, 4.69) is 205 Å². The van der Waals surface area contributed by atoms with Crippen LogP contribution in [-0.4, -0.2) is 0 Å². The number of hydrogen-bond donors (Lipinski definition) is 0. The van der Waals surface area contributed by atoms with Crippen molar-refractivity contribution in [3.8, 4) is 44.5 Å². The Morgan fingerprint density at radius 3 is 1.39 bits per heavy atom. The number of para-hydroxylation sites is 1. The number of furan rings is 1. The summed E-state index contributed by atoms with van der Waals surface area (Å²) < 4.78 is 6.32. The van der Waals surface area contributed by atoms with Crippen molar-refractivity contribution >= 4 is 49.8 Å². The van der Waals surface area contributed by atoms with E-state index in [1.807, 2.05) is 12.1 Å². The molecule has 2 nitrogen and oxygen atoms in total. The van der Waals surface area contributed by atoms with Gasteiger partial charge in [-0.3, -0.25) is 0 Å². The normalized spacial score (nSPS) is 11.3. The highest BCUT2D eigenvalue weighted by atomic mass is 16.3. The van der Waals surface area contributed by atoms with Crippen molar-refractivity contribution in [2.24, 2.45) is 0 Å². The van der Waals surface area contributed by atoms with Crippen LogP contribution in [0.4, 0.5) is 17.1 Å². The number of fused-ring (bicyclic) bond motifs is 5. The Labute approximate surface area is 314 Å². The molecular weight excluding hydrogens is 655 g/mol. The van der Waals surface area contributed by atoms with E-state index in [1.165, 1.54) is 38.9 Å². The fourth-order valence-electron chi connectivity index (χ4n) is 7.69. The number of anilines is 3. The predicted octanol–water partition coefficient (Wildman–Crippen LogP) is 14.9. The van der Waals surface area contributed by atoms with E-state index in [0.29, 0.717) is 0 Å². The molecule has 9 aromatic carbocycles. The molecule has 0 radical (unpaired) electrons. The molecule has 0 aliphatic rings. The summed E-state index contributed by atoms with van der Waals surface area (Å²) in [4.78, 5) is 2.34. The molecule has 0 unspecified atom stereocenters. The van der Waals surface area contributed by atoms with Gasteiger partial charge in [-0.2, -0.15) is 0 Å². The van der Waals surface area contributed by atoms with Crippen molar-refractivity contribution < 1.29 is 4.42 Å². The second kappa shape index (κ2) is 13.4. The van der Waals surface area contributed by atoms with Crippen molar-refractivity contribution in [3.05, 3.63) is 212 Å². The van der Waals surface area contributed by atoms with E-state index >= 15 is 0 Å². The van der Waals surface area contributed by atoms with Crippen LogP contribution in [0.1, 0.15) is 0 Å². The molecule has 0 fully saturated rings. The lowest BCUT2D eigenvalue weighted by Crippen LogP contribution is -2.10. The molecule has 10 rings (SSSR count). The van der Waals surface area contributed by atoms with Crippen LogP contribution in [0.25, 0.3) is 77.2 Å². The molecule has 0 aliphatic carbocycles. The van der Waals surface area contributed by atoms with Gasteiger partial charge in [-0.1, -0.05) is 152 Å². The molecule has 0 atom stereocenters. The van der Waals surface area contributed by atoms with Crippen LogP contribution in [0.15, 0.2) is 217 Å². The number of rotatable bonds is 7. The Morgan fingerprint density at radius 1 is 0.278 bits per heavy atom. The SMILES string of the molecule is c1ccc(-c2ccc(-c3ccc(N(c4ccc(-c5ccc6c(ccc7c8ccccc8oc67)c5)cc4)c4cccc(-c5ccccc5)c4)cc3)cc2)cc1. The van der Waals surface area contributed by atoms with E-state index in [-0.39, 0.29) is 0 Å². The van der Waals surface area contributed by atoms with Crippen LogP contribution in [0, 0.1) is 0 Å². The standard InChI is InChI=1S/C52H35NO/c1-3-10-36(11-4-1)38-18-20-39(21-19-38)40-22-28-45(29-23-40)53(47-15-9-14-42(35-47)37-12-5-2-6-13-37)46-30-24-41(25-31-46)43-26-32-48-44(34-43)27-33-50-49-16-7-8-17-51(49)54-52(48)50/h1-35H. The Hall–Kier alpha value is -7.16. The fourth-order valence-corrected chi connectivity index (χ4v) is 7.69. The van der Waals surface area contributed by atoms with Gasteiger partial charge in [0.2, 0.25) is 0 Å². The van der Waals surface area contributed by atoms with Gasteiger partial charge in [-0.25, -0.2) is 0 Å². The summed E-state index contributed by atoms with van der Waals surface area (Å²) in [7, 11) is 0. The van der Waals surface area contributed by atoms with Crippen LogP contribution < -0.4 is 4.90 Å². The first-order valence-electron chi connectivity index (χ1n) is 18.4. The second-order valence-electron chi connectivity index (χ2n) is 13.8. The van der Waals surface area contributed by atoms with E-state index in [9.17, 15) is 0 Å². The molecule has 0 bridgehead atoms. The van der Waals surface area contributed by atoms with Crippen molar-refractivity contribution in [1.82, 2.24) is 0 Å². The predicted molar refractivity (Wildman–Crippen MR) is 228 cm³/mol. The van der Waals surface area contributed by atoms with Crippen LogP contribution >= 0.6 is 0 Å². The molecule has 10 aromatic rings. The highest BCUT2D eigenvalue weighted by Gasteiger charge is 2.15. The summed E-state index contributed by atoms with van der Waals surface area (Å²) in [5, 5.41) is 4.60. The maximum Gasteiger partial charge on any atom is 0.143 e. The molecule has 1 aromatic heterocycles. The van der Waals surface area contributed by atoms with Gasteiger partial charge in [-0.15, -0.1) is 0 Å². The topological polar surface area (TPSA) is 16.4 Å². The van der Waals surface area contributed by atoms with E-state index in [0.717, 1.165) is 55.3 Å². The largest absolute Gasteiger partial charge is 0.455 e. The van der Waals surface area contributed by atoms with Crippen LogP contribution in [0.5, 0.6) is 0 Å². The summed E-state index contributed by atoms with van der Waals surface area (Å²) in [6, 6.07) is 75.9. The quantitative estimate of drug-likeness (QED) is 0.166. The van der Waals surface area contributed by atoms with Gasteiger partial charge in [0.25, 0.3) is 0 Å². The Morgan fingerprint density at radius 2 is 0.741 bits per heavy atom. The van der Waals surface area contributed by atoms with Gasteiger partial charge in [-0.05, 0) is 111 Å². The second-order valence-corrected chi connectivity index (χ2v) is 13.8.